The molecule has 22 heavy (non-hydrogen) atoms. The number of halogens is 3. The van der Waals surface area contributed by atoms with Crippen molar-refractivity contribution in [1.29, 1.82) is 0 Å². The summed E-state index contributed by atoms with van der Waals surface area (Å²) in [7, 11) is 0. The maximum absolute atomic E-state index is 13.3. The molecule has 114 valence electrons. The van der Waals surface area contributed by atoms with Gasteiger partial charge in [-0.1, -0.05) is 61.9 Å². The fraction of sp³-hybridized carbons (Fsp3) is 0.263. The Morgan fingerprint density at radius 2 is 1.59 bits per heavy atom. The van der Waals surface area contributed by atoms with Crippen molar-refractivity contribution < 1.29 is 13.2 Å². The van der Waals surface area contributed by atoms with Crippen LogP contribution in [0.1, 0.15) is 30.5 Å². The number of alkyl halides is 3. The quantitative estimate of drug-likeness (QED) is 0.641. The highest BCUT2D eigenvalue weighted by atomic mass is 19.4. The lowest BCUT2D eigenvalue weighted by Crippen LogP contribution is -2.07. The summed E-state index contributed by atoms with van der Waals surface area (Å²) in [6.07, 6.45) is -1.46. The van der Waals surface area contributed by atoms with Crippen molar-refractivity contribution in [2.45, 2.75) is 26.4 Å². The lowest BCUT2D eigenvalue weighted by molar-refractivity contribution is -0.137. The third kappa shape index (κ3) is 2.56. The molecule has 0 fully saturated rings. The summed E-state index contributed by atoms with van der Waals surface area (Å²) in [5.41, 5.74) is 3.66. The van der Waals surface area contributed by atoms with Crippen LogP contribution in [-0.4, -0.2) is 0 Å². The largest absolute Gasteiger partial charge is 0.417 e. The standard InChI is InChI=1S/C19H17F3/c1-12(2)14-10-13-6-5-8-15(17(13)11-14)16-7-3-4-9-18(16)19(20,21)22/h3-9,11-12H,10H2,1-2H3. The maximum atomic E-state index is 13.3. The summed E-state index contributed by atoms with van der Waals surface area (Å²) >= 11 is 0. The van der Waals surface area contributed by atoms with Crippen molar-refractivity contribution in [3.63, 3.8) is 0 Å². The van der Waals surface area contributed by atoms with E-state index >= 15 is 0 Å². The van der Waals surface area contributed by atoms with E-state index < -0.39 is 11.7 Å². The molecule has 0 saturated heterocycles. The molecule has 0 aliphatic heterocycles. The topological polar surface area (TPSA) is 0 Å². The molecule has 1 aliphatic rings. The second kappa shape index (κ2) is 5.31. The van der Waals surface area contributed by atoms with E-state index in [4.69, 9.17) is 0 Å². The molecule has 0 atom stereocenters. The Bertz CT molecular complexity index is 737. The fourth-order valence-electron chi connectivity index (χ4n) is 2.96. The summed E-state index contributed by atoms with van der Waals surface area (Å²) in [6.45, 7) is 4.22. The van der Waals surface area contributed by atoms with Crippen molar-refractivity contribution >= 4 is 6.08 Å². The van der Waals surface area contributed by atoms with Gasteiger partial charge in [0.25, 0.3) is 0 Å². The van der Waals surface area contributed by atoms with Crippen molar-refractivity contribution in [3.05, 3.63) is 64.7 Å². The van der Waals surface area contributed by atoms with Gasteiger partial charge in [0, 0.05) is 0 Å². The van der Waals surface area contributed by atoms with E-state index in [0.29, 0.717) is 11.5 Å². The third-order valence-corrected chi connectivity index (χ3v) is 4.18. The average molecular weight is 302 g/mol. The van der Waals surface area contributed by atoms with Crippen molar-refractivity contribution in [3.8, 4) is 11.1 Å². The number of hydrogen-bond donors (Lipinski definition) is 0. The average Bonchev–Trinajstić information content (AvgIpc) is 2.90. The highest BCUT2D eigenvalue weighted by molar-refractivity contribution is 5.82. The van der Waals surface area contributed by atoms with Gasteiger partial charge >= 0.3 is 6.18 Å². The van der Waals surface area contributed by atoms with Crippen LogP contribution in [0.3, 0.4) is 0 Å². The van der Waals surface area contributed by atoms with Gasteiger partial charge in [-0.15, -0.1) is 0 Å². The van der Waals surface area contributed by atoms with Crippen molar-refractivity contribution in [1.82, 2.24) is 0 Å². The van der Waals surface area contributed by atoms with E-state index in [-0.39, 0.29) is 5.56 Å². The maximum Gasteiger partial charge on any atom is 0.417 e. The third-order valence-electron chi connectivity index (χ3n) is 4.18. The van der Waals surface area contributed by atoms with Crippen molar-refractivity contribution in [2.75, 3.05) is 0 Å². The predicted octanol–water partition coefficient (Wildman–Crippen LogP) is 5.97. The molecular formula is C19H17F3. The van der Waals surface area contributed by atoms with Crippen LogP contribution >= 0.6 is 0 Å². The van der Waals surface area contributed by atoms with E-state index in [2.05, 4.69) is 19.9 Å². The van der Waals surface area contributed by atoms with Crippen LogP contribution < -0.4 is 0 Å². The Hall–Kier alpha value is -2.03. The molecule has 3 heteroatoms. The molecule has 0 bridgehead atoms. The Balaban J connectivity index is 2.19. The van der Waals surface area contributed by atoms with Gasteiger partial charge in [0.15, 0.2) is 0 Å². The Morgan fingerprint density at radius 1 is 0.909 bits per heavy atom. The number of allylic oxidation sites excluding steroid dienone is 1. The smallest absolute Gasteiger partial charge is 0.166 e. The van der Waals surface area contributed by atoms with Gasteiger partial charge in [0.1, 0.15) is 0 Å². The van der Waals surface area contributed by atoms with Gasteiger partial charge < -0.3 is 0 Å². The minimum Gasteiger partial charge on any atom is -0.166 e. The summed E-state index contributed by atoms with van der Waals surface area (Å²) in [4.78, 5) is 0. The van der Waals surface area contributed by atoms with Crippen LogP contribution in [0.2, 0.25) is 0 Å². The molecule has 2 aromatic rings. The molecule has 0 saturated carbocycles. The molecule has 1 aliphatic carbocycles. The van der Waals surface area contributed by atoms with Crippen LogP contribution in [0.15, 0.2) is 48.0 Å². The zero-order chi connectivity index (χ0) is 15.9. The first-order valence-corrected chi connectivity index (χ1v) is 7.37. The summed E-state index contributed by atoms with van der Waals surface area (Å²) in [5.74, 6) is 0.401. The van der Waals surface area contributed by atoms with Gasteiger partial charge in [-0.05, 0) is 40.7 Å². The van der Waals surface area contributed by atoms with E-state index in [1.807, 2.05) is 12.1 Å². The molecule has 0 aromatic heterocycles. The van der Waals surface area contributed by atoms with Gasteiger partial charge in [-0.25, -0.2) is 0 Å². The van der Waals surface area contributed by atoms with Gasteiger partial charge in [-0.3, -0.25) is 0 Å². The van der Waals surface area contributed by atoms with E-state index in [1.54, 1.807) is 18.2 Å². The minimum atomic E-state index is -4.34. The van der Waals surface area contributed by atoms with Crippen LogP contribution in [0.5, 0.6) is 0 Å². The molecular weight excluding hydrogens is 285 g/mol. The van der Waals surface area contributed by atoms with Crippen molar-refractivity contribution in [2.24, 2.45) is 5.92 Å². The highest BCUT2D eigenvalue weighted by Gasteiger charge is 2.34. The Labute approximate surface area is 128 Å². The number of benzene rings is 2. The van der Waals surface area contributed by atoms with E-state index in [0.717, 1.165) is 23.6 Å². The zero-order valence-electron chi connectivity index (χ0n) is 12.5. The zero-order valence-corrected chi connectivity index (χ0v) is 12.5. The molecule has 2 aromatic carbocycles. The minimum absolute atomic E-state index is 0.258. The second-order valence-corrected chi connectivity index (χ2v) is 5.97. The summed E-state index contributed by atoms with van der Waals surface area (Å²) in [5, 5.41) is 0. The predicted molar refractivity (Wildman–Crippen MR) is 83.4 cm³/mol. The summed E-state index contributed by atoms with van der Waals surface area (Å²) in [6, 6.07) is 11.4. The molecule has 0 spiro atoms. The number of rotatable bonds is 2. The molecule has 3 rings (SSSR count). The first kappa shape index (κ1) is 14.9. The monoisotopic (exact) mass is 302 g/mol. The molecule has 0 unspecified atom stereocenters. The summed E-state index contributed by atoms with van der Waals surface area (Å²) < 4.78 is 39.8. The molecule has 0 radical (unpaired) electrons. The van der Waals surface area contributed by atoms with Crippen LogP contribution in [0.25, 0.3) is 17.2 Å². The fourth-order valence-corrected chi connectivity index (χ4v) is 2.96. The molecule has 0 heterocycles. The normalized spacial score (nSPS) is 14.2. The number of fused-ring (bicyclic) bond motifs is 1. The highest BCUT2D eigenvalue weighted by Crippen LogP contribution is 2.41. The van der Waals surface area contributed by atoms with Crippen LogP contribution in [0.4, 0.5) is 13.2 Å². The molecule has 0 amide bonds. The van der Waals surface area contributed by atoms with Gasteiger partial charge in [-0.2, -0.15) is 13.2 Å². The van der Waals surface area contributed by atoms with Crippen LogP contribution in [0, 0.1) is 5.92 Å². The van der Waals surface area contributed by atoms with Gasteiger partial charge in [0.05, 0.1) is 5.56 Å². The SMILES string of the molecule is CC(C)C1=Cc2c(cccc2-c2ccccc2C(F)(F)F)C1. The Kier molecular flexibility index (Phi) is 3.59. The van der Waals surface area contributed by atoms with E-state index in [9.17, 15) is 13.2 Å². The second-order valence-electron chi connectivity index (χ2n) is 5.97. The lowest BCUT2D eigenvalue weighted by atomic mass is 9.93. The molecule has 0 nitrogen and oxygen atoms in total. The van der Waals surface area contributed by atoms with E-state index in [1.165, 1.54) is 11.6 Å². The van der Waals surface area contributed by atoms with Gasteiger partial charge in [0.2, 0.25) is 0 Å². The first-order valence-electron chi connectivity index (χ1n) is 7.37. The molecule has 0 N–H and O–H groups in total. The van der Waals surface area contributed by atoms with Crippen LogP contribution in [-0.2, 0) is 12.6 Å². The first-order chi connectivity index (χ1) is 10.4. The number of hydrogen-bond acceptors (Lipinski definition) is 0. The lowest BCUT2D eigenvalue weighted by Gasteiger charge is -2.15. The Morgan fingerprint density at radius 3 is 2.27 bits per heavy atom.